The van der Waals surface area contributed by atoms with Gasteiger partial charge in [0, 0.05) is 25.2 Å². The van der Waals surface area contributed by atoms with Crippen LogP contribution in [0.15, 0.2) is 29.2 Å². The number of halogens is 1. The zero-order chi connectivity index (χ0) is 17.6. The molecule has 0 heterocycles. The molecule has 3 N–H and O–H groups in total. The van der Waals surface area contributed by atoms with Crippen molar-refractivity contribution >= 4 is 28.3 Å². The number of hydrogen-bond acceptors (Lipinski definition) is 4. The van der Waals surface area contributed by atoms with E-state index in [0.717, 1.165) is 25.7 Å². The van der Waals surface area contributed by atoms with Crippen molar-refractivity contribution < 1.29 is 13.2 Å². The lowest BCUT2D eigenvalue weighted by Crippen LogP contribution is -2.38. The maximum Gasteiger partial charge on any atom is 0.251 e. The van der Waals surface area contributed by atoms with E-state index in [2.05, 4.69) is 5.32 Å². The van der Waals surface area contributed by atoms with Crippen LogP contribution in [0.4, 0.5) is 0 Å². The smallest absolute Gasteiger partial charge is 0.251 e. The summed E-state index contributed by atoms with van der Waals surface area (Å²) in [5, 5.41) is 2.74. The molecule has 0 aliphatic heterocycles. The average Bonchev–Trinajstić information content (AvgIpc) is 2.62. The van der Waals surface area contributed by atoms with Crippen molar-refractivity contribution in [2.45, 2.75) is 49.5 Å². The van der Waals surface area contributed by atoms with Crippen LogP contribution in [0.2, 0.25) is 0 Å². The van der Waals surface area contributed by atoms with E-state index in [9.17, 15) is 13.2 Å². The summed E-state index contributed by atoms with van der Waals surface area (Å²) >= 11 is 0. The fourth-order valence-corrected chi connectivity index (χ4v) is 4.47. The lowest BCUT2D eigenvalue weighted by atomic mass is 9.96. The van der Waals surface area contributed by atoms with Crippen LogP contribution in [0, 0.1) is 0 Å². The molecule has 0 aromatic heterocycles. The minimum absolute atomic E-state index is 0. The molecule has 1 saturated carbocycles. The van der Waals surface area contributed by atoms with Crippen LogP contribution in [0.1, 0.15) is 48.9 Å². The van der Waals surface area contributed by atoms with E-state index in [1.165, 1.54) is 16.8 Å². The number of rotatable bonds is 7. The first-order valence-corrected chi connectivity index (χ1v) is 9.97. The van der Waals surface area contributed by atoms with Crippen molar-refractivity contribution in [3.63, 3.8) is 0 Å². The highest BCUT2D eigenvalue weighted by atomic mass is 35.5. The molecule has 1 aliphatic carbocycles. The molecule has 0 spiro atoms. The zero-order valence-electron chi connectivity index (χ0n) is 14.6. The van der Waals surface area contributed by atoms with E-state index in [1.807, 2.05) is 0 Å². The molecule has 0 saturated heterocycles. The Labute approximate surface area is 156 Å². The number of nitrogens with one attached hydrogen (secondary N) is 1. The summed E-state index contributed by atoms with van der Waals surface area (Å²) in [6.07, 6.45) is 5.78. The molecule has 0 atom stereocenters. The molecule has 2 rings (SSSR count). The van der Waals surface area contributed by atoms with Gasteiger partial charge in [-0.25, -0.2) is 8.42 Å². The van der Waals surface area contributed by atoms with Crippen LogP contribution in [-0.2, 0) is 10.0 Å². The summed E-state index contributed by atoms with van der Waals surface area (Å²) in [4.78, 5) is 12.3. The topological polar surface area (TPSA) is 92.5 Å². The molecule has 25 heavy (non-hydrogen) atoms. The highest BCUT2D eigenvalue weighted by Crippen LogP contribution is 2.26. The van der Waals surface area contributed by atoms with Gasteiger partial charge in [0.15, 0.2) is 0 Å². The number of carbonyl (C=O) groups is 1. The third-order valence-corrected chi connectivity index (χ3v) is 6.43. The molecular weight excluding hydrogens is 362 g/mol. The molecule has 1 fully saturated rings. The summed E-state index contributed by atoms with van der Waals surface area (Å²) in [5.74, 6) is -0.277. The molecule has 1 amide bonds. The van der Waals surface area contributed by atoms with Crippen molar-refractivity contribution in [3.05, 3.63) is 29.8 Å². The highest BCUT2D eigenvalue weighted by molar-refractivity contribution is 7.89. The number of hydrogen-bond donors (Lipinski definition) is 2. The highest BCUT2D eigenvalue weighted by Gasteiger charge is 2.29. The molecule has 1 aromatic carbocycles. The fraction of sp³-hybridized carbons (Fsp3) is 0.588. The van der Waals surface area contributed by atoms with Crippen LogP contribution in [0.3, 0.4) is 0 Å². The first-order chi connectivity index (χ1) is 11.5. The Morgan fingerprint density at radius 2 is 1.96 bits per heavy atom. The van der Waals surface area contributed by atoms with Gasteiger partial charge in [0.25, 0.3) is 5.91 Å². The van der Waals surface area contributed by atoms with Gasteiger partial charge >= 0.3 is 0 Å². The number of nitrogens with zero attached hydrogens (tertiary/aromatic N) is 1. The molecule has 6 nitrogen and oxygen atoms in total. The van der Waals surface area contributed by atoms with Crippen LogP contribution < -0.4 is 11.1 Å². The van der Waals surface area contributed by atoms with Gasteiger partial charge < -0.3 is 11.1 Å². The SMILES string of the molecule is CN(C1CCCCC1)S(=O)(=O)c1cccc(C(=O)NCCCN)c1.Cl. The number of benzene rings is 1. The Morgan fingerprint density at radius 1 is 1.28 bits per heavy atom. The first kappa shape index (κ1) is 21.9. The zero-order valence-corrected chi connectivity index (χ0v) is 16.2. The van der Waals surface area contributed by atoms with Gasteiger partial charge in [0.05, 0.1) is 4.90 Å². The Bertz CT molecular complexity index is 661. The Morgan fingerprint density at radius 3 is 2.60 bits per heavy atom. The molecule has 1 aliphatic rings. The summed E-state index contributed by atoms with van der Waals surface area (Å²) in [6.45, 7) is 0.981. The predicted octanol–water partition coefficient (Wildman–Crippen LogP) is 2.14. The first-order valence-electron chi connectivity index (χ1n) is 8.53. The quantitative estimate of drug-likeness (QED) is 0.699. The summed E-state index contributed by atoms with van der Waals surface area (Å²) < 4.78 is 27.2. The minimum atomic E-state index is -3.59. The van der Waals surface area contributed by atoms with E-state index < -0.39 is 10.0 Å². The fourth-order valence-electron chi connectivity index (χ4n) is 3.01. The van der Waals surface area contributed by atoms with Crippen molar-refractivity contribution in [2.75, 3.05) is 20.1 Å². The third kappa shape index (κ3) is 5.67. The van der Waals surface area contributed by atoms with Crippen molar-refractivity contribution in [3.8, 4) is 0 Å². The van der Waals surface area contributed by atoms with Crippen LogP contribution in [-0.4, -0.2) is 44.8 Å². The van der Waals surface area contributed by atoms with Gasteiger partial charge in [-0.2, -0.15) is 4.31 Å². The van der Waals surface area contributed by atoms with Crippen molar-refractivity contribution in [2.24, 2.45) is 5.73 Å². The number of amides is 1. The molecule has 8 heteroatoms. The van der Waals surface area contributed by atoms with E-state index in [-0.39, 0.29) is 29.3 Å². The standard InChI is InChI=1S/C17H27N3O3S.ClH/c1-20(15-8-3-2-4-9-15)24(22,23)16-10-5-7-14(13-16)17(21)19-12-6-11-18;/h5,7,10,13,15H,2-4,6,8-9,11-12,18H2,1H3,(H,19,21);1H. The average molecular weight is 390 g/mol. The van der Waals surface area contributed by atoms with Gasteiger partial charge in [-0.3, -0.25) is 4.79 Å². The second-order valence-corrected chi connectivity index (χ2v) is 8.24. The maximum atomic E-state index is 12.8. The summed E-state index contributed by atoms with van der Waals surface area (Å²) in [6, 6.07) is 6.28. The minimum Gasteiger partial charge on any atom is -0.352 e. The summed E-state index contributed by atoms with van der Waals surface area (Å²) in [5.41, 5.74) is 5.75. The maximum absolute atomic E-state index is 12.8. The Balaban J connectivity index is 0.00000312. The molecule has 1 aromatic rings. The predicted molar refractivity (Wildman–Crippen MR) is 102 cm³/mol. The Hall–Kier alpha value is -1.15. The van der Waals surface area contributed by atoms with Gasteiger partial charge in [0.2, 0.25) is 10.0 Å². The van der Waals surface area contributed by atoms with Crippen LogP contribution in [0.5, 0.6) is 0 Å². The monoisotopic (exact) mass is 389 g/mol. The number of nitrogens with two attached hydrogens (primary N) is 1. The largest absolute Gasteiger partial charge is 0.352 e. The Kier molecular flexibility index (Phi) is 8.85. The molecule has 0 radical (unpaired) electrons. The molecular formula is C17H28ClN3O3S. The number of carbonyl (C=O) groups excluding carboxylic acids is 1. The van der Waals surface area contributed by atoms with Gasteiger partial charge in [-0.15, -0.1) is 12.4 Å². The van der Waals surface area contributed by atoms with Gasteiger partial charge in [0.1, 0.15) is 0 Å². The van der Waals surface area contributed by atoms with E-state index in [4.69, 9.17) is 5.73 Å². The normalized spacial score (nSPS) is 15.6. The molecule has 0 bridgehead atoms. The summed E-state index contributed by atoms with van der Waals surface area (Å²) in [7, 11) is -1.95. The molecule has 142 valence electrons. The second kappa shape index (κ2) is 10.1. The number of sulfonamides is 1. The third-order valence-electron chi connectivity index (χ3n) is 4.53. The van der Waals surface area contributed by atoms with E-state index in [1.54, 1.807) is 25.2 Å². The van der Waals surface area contributed by atoms with Crippen molar-refractivity contribution in [1.82, 2.24) is 9.62 Å². The lowest BCUT2D eigenvalue weighted by molar-refractivity contribution is 0.0953. The van der Waals surface area contributed by atoms with Crippen LogP contribution >= 0.6 is 12.4 Å². The second-order valence-electron chi connectivity index (χ2n) is 6.24. The van der Waals surface area contributed by atoms with E-state index >= 15 is 0 Å². The lowest BCUT2D eigenvalue weighted by Gasteiger charge is -2.30. The van der Waals surface area contributed by atoms with E-state index in [0.29, 0.717) is 25.1 Å². The van der Waals surface area contributed by atoms with Crippen LogP contribution in [0.25, 0.3) is 0 Å². The van der Waals surface area contributed by atoms with Gasteiger partial charge in [-0.1, -0.05) is 25.3 Å². The van der Waals surface area contributed by atoms with Gasteiger partial charge in [-0.05, 0) is 44.0 Å². The van der Waals surface area contributed by atoms with Crippen molar-refractivity contribution in [1.29, 1.82) is 0 Å². The molecule has 0 unspecified atom stereocenters.